The molecule has 150 heavy (non-hydrogen) atoms. The third-order valence-corrected chi connectivity index (χ3v) is 31.5. The number of carbonyl (C=O) groups is 13. The topological polar surface area (TPSA) is 565 Å². The van der Waals surface area contributed by atoms with Crippen molar-refractivity contribution in [2.24, 2.45) is 0 Å². The number of rotatable bonds is 49. The average molecular weight is 2230 g/mol. The monoisotopic (exact) mass is 2230 g/mol. The number of thiol groups is 1. The van der Waals surface area contributed by atoms with Crippen LogP contribution in [0.5, 0.6) is 5.75 Å². The summed E-state index contributed by atoms with van der Waals surface area (Å²) in [4.78, 5) is 195. The minimum absolute atomic E-state index is 0. The Morgan fingerprint density at radius 1 is 0.440 bits per heavy atom. The fourth-order valence-corrected chi connectivity index (χ4v) is 22.9. The van der Waals surface area contributed by atoms with Gasteiger partial charge in [-0.3, -0.25) is 52.7 Å². The van der Waals surface area contributed by atoms with Crippen LogP contribution in [0.4, 0.5) is 4.79 Å². The van der Waals surface area contributed by atoms with E-state index in [0.29, 0.717) is 33.4 Å². The number of carboxylic acid groups (broad SMARTS) is 1. The molecule has 0 saturated carbocycles. The summed E-state index contributed by atoms with van der Waals surface area (Å²) in [7, 11) is -17.5. The van der Waals surface area contributed by atoms with Crippen LogP contribution in [-0.4, -0.2) is 240 Å². The smallest absolute Gasteiger partial charge is 0.739 e. The van der Waals surface area contributed by atoms with Gasteiger partial charge in [0.1, 0.15) is 117 Å². The van der Waals surface area contributed by atoms with Gasteiger partial charge in [-0.05, 0) is 173 Å². The van der Waals surface area contributed by atoms with Gasteiger partial charge < -0.3 is 91.0 Å². The Kier molecular flexibility index (Phi) is 48.0. The number of thioether (sulfide) groups is 1. The van der Waals surface area contributed by atoms with Gasteiger partial charge in [0.25, 0.3) is 0 Å². The average Bonchev–Trinajstić information content (AvgIpc) is 1.01. The van der Waals surface area contributed by atoms with Crippen molar-refractivity contribution < 1.29 is 209 Å². The molecule has 1 saturated heterocycles. The number of carboxylic acids is 1. The molecule has 9 aromatic rings. The molecule has 10 atom stereocenters. The predicted octanol–water partition coefficient (Wildman–Crippen LogP) is -0.845. The number of amides is 11. The van der Waals surface area contributed by atoms with Crippen molar-refractivity contribution in [1.82, 2.24) is 58.1 Å². The summed E-state index contributed by atoms with van der Waals surface area (Å²) in [6.45, 7) is 10.4. The van der Waals surface area contributed by atoms with Crippen LogP contribution in [0, 0.1) is 0 Å². The number of likely N-dealkylation sites (tertiary alicyclic amines) is 1. The van der Waals surface area contributed by atoms with Crippen molar-refractivity contribution in [2.75, 3.05) is 41.9 Å². The number of hydrogen-bond acceptors (Lipinski definition) is 30. The van der Waals surface area contributed by atoms with Crippen LogP contribution in [-0.2, 0) is 111 Å². The molecule has 2 aliphatic rings. The molecule has 0 radical (unpaired) electrons. The number of fused-ring (bicyclic) bond motifs is 3. The number of nitrogens with one attached hydrogen (secondary N) is 10. The van der Waals surface area contributed by atoms with E-state index in [1.165, 1.54) is 52.0 Å². The molecule has 1 heterocycles. The molecule has 11 rings (SSSR count). The number of ether oxygens (including phenoxy) is 3. The van der Waals surface area contributed by atoms with Crippen molar-refractivity contribution in [3.05, 3.63) is 305 Å². The Bertz CT molecular complexity index is 6310. The first-order valence-electron chi connectivity index (χ1n) is 46.4. The predicted molar refractivity (Wildman–Crippen MR) is 555 cm³/mol. The molecule has 9 aromatic carbocycles. The Hall–Kier alpha value is -9.83. The molecule has 11 amide bonds. The normalized spacial score (nSPS) is 14.8. The third kappa shape index (κ3) is 36.4. The number of esters is 1. The Labute approximate surface area is 957 Å². The van der Waals surface area contributed by atoms with E-state index in [2.05, 4.69) is 65.8 Å². The molecule has 782 valence electrons. The fourth-order valence-electron chi connectivity index (χ4n) is 16.8. The van der Waals surface area contributed by atoms with Gasteiger partial charge in [0.15, 0.2) is 0 Å². The summed E-state index contributed by atoms with van der Waals surface area (Å²) >= 11 is 5.09. The van der Waals surface area contributed by atoms with Crippen molar-refractivity contribution in [3.8, 4) is 16.9 Å². The van der Waals surface area contributed by atoms with Crippen LogP contribution < -0.4 is 147 Å². The Morgan fingerprint density at radius 2 is 0.807 bits per heavy atom. The first-order valence-corrected chi connectivity index (χ1v) is 56.7. The van der Waals surface area contributed by atoms with E-state index in [-0.39, 0.29) is 143 Å². The molecule has 0 unspecified atom stereocenters. The quantitative estimate of drug-likeness (QED) is 0.00552. The number of aliphatic carboxylic acids is 1. The molecule has 0 spiro atoms. The van der Waals surface area contributed by atoms with Gasteiger partial charge in [0, 0.05) is 54.1 Å². The van der Waals surface area contributed by atoms with Crippen LogP contribution in [0.2, 0.25) is 0 Å². The van der Waals surface area contributed by atoms with Gasteiger partial charge in [-0.1, -0.05) is 243 Å². The van der Waals surface area contributed by atoms with Crippen LogP contribution in [0.15, 0.2) is 255 Å². The van der Waals surface area contributed by atoms with Crippen molar-refractivity contribution >= 4 is 161 Å². The van der Waals surface area contributed by atoms with Crippen molar-refractivity contribution in [2.45, 2.75) is 175 Å². The van der Waals surface area contributed by atoms with Crippen LogP contribution in [0.1, 0.15) is 137 Å². The summed E-state index contributed by atoms with van der Waals surface area (Å²) in [6.07, 6.45) is -4.50. The number of hydrogen-bond donors (Lipinski definition) is 12. The first kappa shape index (κ1) is 125. The zero-order valence-corrected chi connectivity index (χ0v) is 96.3. The number of nitrogens with zero attached hydrogens (tertiary/aromatic N) is 1. The SMILES string of the molecule is C[C@H](NC(=O)[C@@H]1CCCN1C(=O)[C@H](CC(=O)NC(c1ccccc1)(c1ccccc1)c1ccccc1)NC(=O)[C@H](CSC(c1ccccc1)(c1ccccc1)c1ccccc1)NC(=O)[C@H](CSS(=O)(=O)[O-])NC(=O)[C@H](Cc1ccc(OC(C)(C)C)cc1)NC(=O)[C@H](CCC(=O)OC(C)(C)C)NC(=O)[C@H](CSS(=O)(=O)[O-])NC(=O)[C@H](CSS(=O)(=O)[O-])NC(=O)OCC1c2ccccc2-c2ccccc21)C(=O)N[C@@H](CS)C(=O)O.[Na+].[Na+].[Na+]. The molecule has 1 aliphatic heterocycles. The van der Waals surface area contributed by atoms with Crippen LogP contribution in [0.25, 0.3) is 11.1 Å². The summed E-state index contributed by atoms with van der Waals surface area (Å²) < 4.78 is 129. The Morgan fingerprint density at radius 3 is 1.21 bits per heavy atom. The second-order valence-corrected chi connectivity index (χ2v) is 47.9. The van der Waals surface area contributed by atoms with Gasteiger partial charge in [0.2, 0.25) is 59.1 Å². The maximum absolute atomic E-state index is 16.6. The minimum atomic E-state index is -5.52. The van der Waals surface area contributed by atoms with E-state index in [9.17, 15) is 72.8 Å². The van der Waals surface area contributed by atoms with Crippen molar-refractivity contribution in [3.63, 3.8) is 0 Å². The maximum Gasteiger partial charge on any atom is 1.00 e. The molecule has 11 N–H and O–H groups in total. The molecule has 0 bridgehead atoms. The summed E-state index contributed by atoms with van der Waals surface area (Å²) in [5, 5.41) is 34.8. The first-order chi connectivity index (χ1) is 69.6. The number of alkyl carbamates (subject to hydrolysis) is 1. The summed E-state index contributed by atoms with van der Waals surface area (Å²) in [5.74, 6) is -19.6. The minimum Gasteiger partial charge on any atom is -0.739 e. The van der Waals surface area contributed by atoms with Crippen molar-refractivity contribution in [1.29, 1.82) is 0 Å². The standard InChI is InChI=1S/C102H115N11O26S8.3Na/c1-63(88(116)107-80(58-140)97(125)126)103-95(123)85-47-30-54-113(85)96(124)79(56-86(114)112-101(65-31-14-8-15-32-65,66-33-16-9-17-34-66)67-35-18-10-19-36-67)106-91(119)81(59-141-102(68-37-20-11-21-38-68,69-39-22-12-23-40-69)70-41-24-13-25-42-70)108-93(121)83(61-143-146(131,132)133)109-90(118)78(55-64-48-50-71(51-49-64)138-99(2,3)4)105-89(117)77(52-53-87(115)139-100(5,6)7)104-92(120)82(60-142-145(128,129)130)110-94(122)84(62-144-147(134,135)136)111-98(127)137-57-76-74-45-28-26-43-72(74)73-44-27-29-46-75(73)76;;;/h8-29,31-46,48-51,63,76-85,140H,30,47,52-62H2,1-7H3,(H,103,123)(H,104,120)(H,105,117)(H,106,119)(H,107,116)(H,108,121)(H,109,118)(H,110,122)(H,111,127)(H,112,114)(H,125,126)(H,128,129,130)(H,131,132,133)(H,134,135,136);;;/q;3*+1/p-3/t63-,77-,78-,79-,80-,81-,82-,83-,84-,85-;;;/m0.../s1. The second-order valence-electron chi connectivity index (χ2n) is 36.3. The van der Waals surface area contributed by atoms with Crippen LogP contribution >= 0.6 is 56.8 Å². The molecule has 0 aromatic heterocycles. The van der Waals surface area contributed by atoms with E-state index in [1.54, 1.807) is 239 Å². The number of benzene rings is 9. The summed E-state index contributed by atoms with van der Waals surface area (Å²) in [6, 6.07) is 53.8. The largest absolute Gasteiger partial charge is 1.00 e. The fraction of sp³-hybridized carbons (Fsp3) is 0.343. The molecular weight excluding hydrogens is 2120 g/mol. The summed E-state index contributed by atoms with van der Waals surface area (Å²) in [5.41, 5.74) is 3.07. The van der Waals surface area contributed by atoms with Gasteiger partial charge in [-0.25, -0.2) is 34.8 Å². The number of carbonyl (C=O) groups excluding carboxylic acids is 12. The molecule has 37 nitrogen and oxygen atoms in total. The van der Waals surface area contributed by atoms with E-state index < -0.39 is 263 Å². The second kappa shape index (κ2) is 57.4. The Balaban J connectivity index is 0.00000913. The van der Waals surface area contributed by atoms with E-state index in [0.717, 1.165) is 38.9 Å². The maximum atomic E-state index is 16.6. The molecule has 48 heteroatoms. The van der Waals surface area contributed by atoms with E-state index in [4.69, 9.17) is 14.2 Å². The molecular formula is C102H112N11Na3O26S8. The van der Waals surface area contributed by atoms with Gasteiger partial charge >= 0.3 is 107 Å². The zero-order valence-electron chi connectivity index (χ0n) is 83.7. The van der Waals surface area contributed by atoms with E-state index >= 15 is 33.6 Å². The van der Waals surface area contributed by atoms with Crippen LogP contribution in [0.3, 0.4) is 0 Å². The third-order valence-electron chi connectivity index (χ3n) is 23.4. The van der Waals surface area contributed by atoms with Gasteiger partial charge in [-0.15, -0.1) is 11.8 Å². The van der Waals surface area contributed by atoms with E-state index in [1.807, 2.05) is 12.1 Å². The van der Waals surface area contributed by atoms with Gasteiger partial charge in [-0.2, -0.15) is 12.6 Å². The van der Waals surface area contributed by atoms with Gasteiger partial charge in [0.05, 0.1) is 11.2 Å². The molecule has 1 aliphatic carbocycles. The molecule has 1 fully saturated rings. The zero-order chi connectivity index (χ0) is 107.